The Kier molecular flexibility index (Phi) is 8.22. The number of piperazine rings is 1. The summed E-state index contributed by atoms with van der Waals surface area (Å²) < 4.78 is 0. The number of nitrogens with zero attached hydrogens (tertiary/aromatic N) is 4. The fourth-order valence-electron chi connectivity index (χ4n) is 3.17. The maximum absolute atomic E-state index is 4.88. The van der Waals surface area contributed by atoms with Gasteiger partial charge >= 0.3 is 0 Å². The Morgan fingerprint density at radius 2 is 1.88 bits per heavy atom. The lowest BCUT2D eigenvalue weighted by molar-refractivity contribution is 0.140. The summed E-state index contributed by atoms with van der Waals surface area (Å²) in [6.07, 6.45) is 0. The van der Waals surface area contributed by atoms with E-state index in [9.17, 15) is 0 Å². The molecule has 140 valence electrons. The maximum atomic E-state index is 4.88. The van der Waals surface area contributed by atoms with E-state index in [1.807, 2.05) is 0 Å². The summed E-state index contributed by atoms with van der Waals surface area (Å²) in [5.41, 5.74) is 1.31. The van der Waals surface area contributed by atoms with Crippen LogP contribution in [0.15, 0.2) is 35.3 Å². The first-order chi connectivity index (χ1) is 12.1. The standard InChI is InChI=1S/C20H35N5/c1-5-21-20(24(4)17-19-9-7-6-8-10-19)22-15-18(2)16-25-13-11-23(3)12-14-25/h6-10,18H,5,11-17H2,1-4H3,(H,21,22). The summed E-state index contributed by atoms with van der Waals surface area (Å²) in [6.45, 7) is 12.9. The molecule has 5 nitrogen and oxygen atoms in total. The molecule has 25 heavy (non-hydrogen) atoms. The van der Waals surface area contributed by atoms with E-state index < -0.39 is 0 Å². The first-order valence-electron chi connectivity index (χ1n) is 9.52. The van der Waals surface area contributed by atoms with Gasteiger partial charge in [0.2, 0.25) is 0 Å². The minimum atomic E-state index is 0.571. The summed E-state index contributed by atoms with van der Waals surface area (Å²) in [4.78, 5) is 12.1. The Morgan fingerprint density at radius 3 is 2.52 bits per heavy atom. The summed E-state index contributed by atoms with van der Waals surface area (Å²) in [5, 5.41) is 3.42. The van der Waals surface area contributed by atoms with E-state index in [1.165, 1.54) is 31.7 Å². The third kappa shape index (κ3) is 7.04. The average molecular weight is 346 g/mol. The minimum Gasteiger partial charge on any atom is -0.357 e. The van der Waals surface area contributed by atoms with Gasteiger partial charge in [0.15, 0.2) is 5.96 Å². The normalized spacial score (nSPS) is 18.2. The number of hydrogen-bond acceptors (Lipinski definition) is 3. The van der Waals surface area contributed by atoms with E-state index in [-0.39, 0.29) is 0 Å². The van der Waals surface area contributed by atoms with Crippen molar-refractivity contribution < 1.29 is 0 Å². The van der Waals surface area contributed by atoms with Gasteiger partial charge in [-0.3, -0.25) is 4.99 Å². The van der Waals surface area contributed by atoms with Gasteiger partial charge in [-0.05, 0) is 25.5 Å². The zero-order valence-corrected chi connectivity index (χ0v) is 16.4. The van der Waals surface area contributed by atoms with Crippen molar-refractivity contribution in [3.05, 3.63) is 35.9 Å². The molecule has 0 aliphatic carbocycles. The van der Waals surface area contributed by atoms with Crippen molar-refractivity contribution in [3.63, 3.8) is 0 Å². The lowest BCUT2D eigenvalue weighted by Gasteiger charge is -2.33. The molecular formula is C20H35N5. The molecule has 1 aliphatic rings. The van der Waals surface area contributed by atoms with E-state index in [1.54, 1.807) is 0 Å². The van der Waals surface area contributed by atoms with E-state index >= 15 is 0 Å². The van der Waals surface area contributed by atoms with E-state index in [4.69, 9.17) is 4.99 Å². The average Bonchev–Trinajstić information content (AvgIpc) is 2.61. The molecule has 1 N–H and O–H groups in total. The molecule has 1 fully saturated rings. The Bertz CT molecular complexity index is 508. The summed E-state index contributed by atoms with van der Waals surface area (Å²) in [5.74, 6) is 1.57. The van der Waals surface area contributed by atoms with Gasteiger partial charge in [0.05, 0.1) is 0 Å². The number of nitrogens with one attached hydrogen (secondary N) is 1. The van der Waals surface area contributed by atoms with Gasteiger partial charge in [-0.15, -0.1) is 0 Å². The number of guanidine groups is 1. The highest BCUT2D eigenvalue weighted by Gasteiger charge is 2.16. The van der Waals surface area contributed by atoms with Crippen LogP contribution in [-0.4, -0.2) is 80.6 Å². The van der Waals surface area contributed by atoms with E-state index in [2.05, 4.69) is 78.3 Å². The quantitative estimate of drug-likeness (QED) is 0.605. The third-order valence-electron chi connectivity index (χ3n) is 4.68. The highest BCUT2D eigenvalue weighted by atomic mass is 15.3. The maximum Gasteiger partial charge on any atom is 0.193 e. The molecule has 1 unspecified atom stereocenters. The van der Waals surface area contributed by atoms with Gasteiger partial charge in [0.1, 0.15) is 0 Å². The SMILES string of the molecule is CCNC(=NCC(C)CN1CCN(C)CC1)N(C)Cc1ccccc1. The second-order valence-corrected chi connectivity index (χ2v) is 7.25. The van der Waals surface area contributed by atoms with Gasteiger partial charge in [-0.25, -0.2) is 0 Å². The zero-order valence-electron chi connectivity index (χ0n) is 16.4. The molecule has 1 aromatic rings. The topological polar surface area (TPSA) is 34.1 Å². The zero-order chi connectivity index (χ0) is 18.1. The van der Waals surface area contributed by atoms with Crippen LogP contribution in [0.4, 0.5) is 0 Å². The number of rotatable bonds is 7. The molecule has 0 radical (unpaired) electrons. The van der Waals surface area contributed by atoms with Crippen LogP contribution in [0, 0.1) is 5.92 Å². The summed E-state index contributed by atoms with van der Waals surface area (Å²) >= 11 is 0. The Morgan fingerprint density at radius 1 is 1.20 bits per heavy atom. The van der Waals surface area contributed by atoms with Gasteiger partial charge in [0, 0.05) is 59.4 Å². The Labute approximate surface area is 153 Å². The summed E-state index contributed by atoms with van der Waals surface area (Å²) in [6, 6.07) is 10.6. The lowest BCUT2D eigenvalue weighted by Crippen LogP contribution is -2.46. The van der Waals surface area contributed by atoms with Crippen molar-refractivity contribution >= 4 is 5.96 Å². The predicted molar refractivity (Wildman–Crippen MR) is 107 cm³/mol. The van der Waals surface area contributed by atoms with Crippen molar-refractivity contribution in [2.75, 3.05) is 59.9 Å². The second kappa shape index (κ2) is 10.4. The highest BCUT2D eigenvalue weighted by Crippen LogP contribution is 2.07. The molecular weight excluding hydrogens is 310 g/mol. The largest absolute Gasteiger partial charge is 0.357 e. The molecule has 0 aromatic heterocycles. The van der Waals surface area contributed by atoms with Crippen molar-refractivity contribution in [1.82, 2.24) is 20.0 Å². The first kappa shape index (κ1) is 19.7. The Hall–Kier alpha value is -1.59. The molecule has 5 heteroatoms. The Balaban J connectivity index is 1.85. The number of benzene rings is 1. The van der Waals surface area contributed by atoms with Gasteiger partial charge in [-0.1, -0.05) is 37.3 Å². The molecule has 1 atom stereocenters. The molecule has 1 saturated heterocycles. The van der Waals surface area contributed by atoms with Crippen LogP contribution < -0.4 is 5.32 Å². The van der Waals surface area contributed by atoms with Crippen molar-refractivity contribution in [1.29, 1.82) is 0 Å². The monoisotopic (exact) mass is 345 g/mol. The smallest absolute Gasteiger partial charge is 0.193 e. The third-order valence-corrected chi connectivity index (χ3v) is 4.68. The van der Waals surface area contributed by atoms with Crippen molar-refractivity contribution in [2.24, 2.45) is 10.9 Å². The molecule has 1 heterocycles. The summed E-state index contributed by atoms with van der Waals surface area (Å²) in [7, 11) is 4.32. The molecule has 1 aromatic carbocycles. The fourth-order valence-corrected chi connectivity index (χ4v) is 3.17. The highest BCUT2D eigenvalue weighted by molar-refractivity contribution is 5.79. The molecule has 1 aliphatic heterocycles. The number of aliphatic imine (C=N–C) groups is 1. The number of hydrogen-bond donors (Lipinski definition) is 1. The second-order valence-electron chi connectivity index (χ2n) is 7.25. The molecule has 2 rings (SSSR count). The first-order valence-corrected chi connectivity index (χ1v) is 9.52. The number of likely N-dealkylation sites (N-methyl/N-ethyl adjacent to an activating group) is 1. The van der Waals surface area contributed by atoms with Crippen LogP contribution in [-0.2, 0) is 6.54 Å². The van der Waals surface area contributed by atoms with E-state index in [0.29, 0.717) is 5.92 Å². The van der Waals surface area contributed by atoms with Crippen molar-refractivity contribution in [3.8, 4) is 0 Å². The van der Waals surface area contributed by atoms with Gasteiger partial charge < -0.3 is 20.0 Å². The minimum absolute atomic E-state index is 0.571. The fraction of sp³-hybridized carbons (Fsp3) is 0.650. The van der Waals surface area contributed by atoms with Gasteiger partial charge in [-0.2, -0.15) is 0 Å². The van der Waals surface area contributed by atoms with Gasteiger partial charge in [0.25, 0.3) is 0 Å². The predicted octanol–water partition coefficient (Wildman–Crippen LogP) is 1.97. The molecule has 0 saturated carbocycles. The molecule has 0 spiro atoms. The van der Waals surface area contributed by atoms with Crippen LogP contribution >= 0.6 is 0 Å². The lowest BCUT2D eigenvalue weighted by atomic mass is 10.1. The molecule has 0 bridgehead atoms. The van der Waals surface area contributed by atoms with Crippen molar-refractivity contribution in [2.45, 2.75) is 20.4 Å². The van der Waals surface area contributed by atoms with Crippen LogP contribution in [0.5, 0.6) is 0 Å². The molecule has 0 amide bonds. The van der Waals surface area contributed by atoms with Crippen LogP contribution in [0.2, 0.25) is 0 Å². The van der Waals surface area contributed by atoms with E-state index in [0.717, 1.165) is 32.1 Å². The van der Waals surface area contributed by atoms with Crippen LogP contribution in [0.3, 0.4) is 0 Å². The van der Waals surface area contributed by atoms with Crippen LogP contribution in [0.25, 0.3) is 0 Å². The van der Waals surface area contributed by atoms with Crippen LogP contribution in [0.1, 0.15) is 19.4 Å².